The molecule has 0 unspecified atom stereocenters. The Hall–Kier alpha value is 0.0300. The predicted octanol–water partition coefficient (Wildman–Crippen LogP) is -6.07. The van der Waals surface area contributed by atoms with Gasteiger partial charge in [0.1, 0.15) is 0 Å². The molecule has 0 aliphatic carbocycles. The van der Waals surface area contributed by atoms with Crippen LogP contribution in [0.1, 0.15) is 20.7 Å². The quantitative estimate of drug-likeness (QED) is 0.225. The molecule has 106 valence electrons. The summed E-state index contributed by atoms with van der Waals surface area (Å²) in [6.07, 6.45) is 0. The van der Waals surface area contributed by atoms with Gasteiger partial charge in [-0.15, -0.1) is 0 Å². The van der Waals surface area contributed by atoms with Crippen LogP contribution in [0.4, 0.5) is 0 Å². The Morgan fingerprint density at radius 1 is 0.952 bits per heavy atom. The molecule has 0 bridgehead atoms. The van der Waals surface area contributed by atoms with Gasteiger partial charge in [-0.2, -0.15) is 0 Å². The van der Waals surface area contributed by atoms with Crippen LogP contribution < -0.4 is 59.1 Å². The average molecular weight is 336 g/mol. The first kappa shape index (κ1) is 26.0. The molecule has 0 aromatic heterocycles. The van der Waals surface area contributed by atoms with E-state index in [9.17, 15) is 9.59 Å². The van der Waals surface area contributed by atoms with Gasteiger partial charge in [-0.05, 0) is 18.2 Å². The van der Waals surface area contributed by atoms with Gasteiger partial charge >= 0.3 is 71.1 Å². The molecule has 21 heavy (non-hydrogen) atoms. The van der Waals surface area contributed by atoms with E-state index in [1.54, 1.807) is 18.2 Å². The fourth-order valence-electron chi connectivity index (χ4n) is 1.01. The van der Waals surface area contributed by atoms with E-state index in [1.165, 1.54) is 20.3 Å². The monoisotopic (exact) mass is 336 g/mol. The maximum absolute atomic E-state index is 11.1. The van der Waals surface area contributed by atoms with Crippen LogP contribution in [-0.2, 0) is 19.9 Å². The van der Waals surface area contributed by atoms with Crippen molar-refractivity contribution in [3.8, 4) is 0 Å². The fraction of sp³-hybridized carbons (Fsp3) is 0.200. The van der Waals surface area contributed by atoms with Crippen molar-refractivity contribution < 1.29 is 95.7 Å². The van der Waals surface area contributed by atoms with Crippen molar-refractivity contribution in [1.29, 1.82) is 0 Å². The summed E-state index contributed by atoms with van der Waals surface area (Å²) < 4.78 is 43.1. The topological polar surface area (TPSA) is 133 Å². The van der Waals surface area contributed by atoms with E-state index in [0.717, 1.165) is 0 Å². The molecule has 1 aromatic rings. The number of hydrogen-bond acceptors (Lipinski definition) is 8. The summed E-state index contributed by atoms with van der Waals surface area (Å²) in [6.45, 7) is 0. The smallest absolute Gasteiger partial charge is 0.759 e. The van der Waals surface area contributed by atoms with Crippen molar-refractivity contribution in [3.05, 3.63) is 35.4 Å². The van der Waals surface area contributed by atoms with Gasteiger partial charge in [0.15, 0.2) is 0 Å². The third kappa shape index (κ3) is 13.4. The van der Waals surface area contributed by atoms with Gasteiger partial charge < -0.3 is 18.6 Å². The second kappa shape index (κ2) is 12.6. The minimum Gasteiger partial charge on any atom is -0.759 e. The van der Waals surface area contributed by atoms with Crippen molar-refractivity contribution in [2.45, 2.75) is 0 Å². The number of methoxy groups -OCH3 is 2. The van der Waals surface area contributed by atoms with E-state index in [1.807, 2.05) is 0 Å². The standard InChI is InChI=1S/C10H10O4.2Na.H2O4S/c1-13-9(11)7-4-3-5-8(6-7)10(12)14-2;;;1-5(2,3)4/h3-6H,1-2H3;;;(H2,1,2,3,4)/q;2*+1;/p-2. The Bertz CT molecular complexity index is 519. The van der Waals surface area contributed by atoms with Crippen LogP contribution in [-0.4, -0.2) is 43.7 Å². The molecule has 0 N–H and O–H groups in total. The van der Waals surface area contributed by atoms with Crippen LogP contribution in [0.5, 0.6) is 0 Å². The van der Waals surface area contributed by atoms with E-state index < -0.39 is 22.3 Å². The van der Waals surface area contributed by atoms with E-state index in [0.29, 0.717) is 11.1 Å². The van der Waals surface area contributed by atoms with Crippen LogP contribution in [0, 0.1) is 0 Å². The number of ether oxygens (including phenoxy) is 2. The van der Waals surface area contributed by atoms with Crippen LogP contribution in [0.15, 0.2) is 24.3 Å². The number of carbonyl (C=O) groups excluding carboxylic acids is 2. The Morgan fingerprint density at radius 3 is 1.48 bits per heavy atom. The molecule has 0 atom stereocenters. The van der Waals surface area contributed by atoms with E-state index >= 15 is 0 Å². The SMILES string of the molecule is COC(=O)c1cccc(C(=O)OC)c1.O=S(=O)([O-])[O-].[Na+].[Na+]. The van der Waals surface area contributed by atoms with Gasteiger partial charge in [0.2, 0.25) is 0 Å². The largest absolute Gasteiger partial charge is 1.00 e. The molecule has 0 radical (unpaired) electrons. The van der Waals surface area contributed by atoms with Gasteiger partial charge in [0, 0.05) is 10.4 Å². The van der Waals surface area contributed by atoms with Gasteiger partial charge in [-0.1, -0.05) is 6.07 Å². The molecule has 0 amide bonds. The van der Waals surface area contributed by atoms with Crippen LogP contribution >= 0.6 is 0 Å². The summed E-state index contributed by atoms with van der Waals surface area (Å²) in [4.78, 5) is 22.2. The molecule has 11 heteroatoms. The minimum atomic E-state index is -5.17. The van der Waals surface area contributed by atoms with Gasteiger partial charge in [0.05, 0.1) is 25.3 Å². The number of hydrogen-bond donors (Lipinski definition) is 0. The van der Waals surface area contributed by atoms with Crippen LogP contribution in [0.3, 0.4) is 0 Å². The number of rotatable bonds is 2. The molecule has 0 saturated heterocycles. The zero-order valence-electron chi connectivity index (χ0n) is 12.0. The van der Waals surface area contributed by atoms with Gasteiger partial charge in [-0.25, -0.2) is 9.59 Å². The summed E-state index contributed by atoms with van der Waals surface area (Å²) in [7, 11) is -2.60. The predicted molar refractivity (Wildman–Crippen MR) is 59.6 cm³/mol. The molecular weight excluding hydrogens is 326 g/mol. The Kier molecular flexibility index (Phi) is 15.5. The number of carbonyl (C=O) groups is 2. The third-order valence-electron chi connectivity index (χ3n) is 1.70. The zero-order chi connectivity index (χ0) is 15.1. The first-order valence-electron chi connectivity index (χ1n) is 4.62. The van der Waals surface area contributed by atoms with E-state index in [4.69, 9.17) is 17.5 Å². The molecule has 0 spiro atoms. The molecule has 8 nitrogen and oxygen atoms in total. The van der Waals surface area contributed by atoms with Gasteiger partial charge in [-0.3, -0.25) is 8.42 Å². The van der Waals surface area contributed by atoms with E-state index in [-0.39, 0.29) is 59.1 Å². The maximum Gasteiger partial charge on any atom is 1.00 e. The second-order valence-corrected chi connectivity index (χ2v) is 3.79. The van der Waals surface area contributed by atoms with Crippen LogP contribution in [0.2, 0.25) is 0 Å². The molecule has 0 heterocycles. The fourth-order valence-corrected chi connectivity index (χ4v) is 1.01. The maximum atomic E-state index is 11.1. The van der Waals surface area contributed by atoms with E-state index in [2.05, 4.69) is 9.47 Å². The first-order chi connectivity index (χ1) is 8.69. The molecule has 0 aliphatic rings. The zero-order valence-corrected chi connectivity index (χ0v) is 16.8. The van der Waals surface area contributed by atoms with Crippen molar-refractivity contribution in [3.63, 3.8) is 0 Å². The van der Waals surface area contributed by atoms with Crippen LogP contribution in [0.25, 0.3) is 0 Å². The average Bonchev–Trinajstić information content (AvgIpc) is 2.35. The van der Waals surface area contributed by atoms with Crippen molar-refractivity contribution in [1.82, 2.24) is 0 Å². The molecular formula is C10H10Na2O8S. The van der Waals surface area contributed by atoms with Crippen molar-refractivity contribution in [2.75, 3.05) is 14.2 Å². The Labute approximate surface area is 166 Å². The minimum absolute atomic E-state index is 0. The molecule has 1 aromatic carbocycles. The molecule has 0 saturated carbocycles. The first-order valence-corrected chi connectivity index (χ1v) is 5.95. The third-order valence-corrected chi connectivity index (χ3v) is 1.70. The molecule has 0 fully saturated rings. The Morgan fingerprint density at radius 2 is 1.24 bits per heavy atom. The number of esters is 2. The van der Waals surface area contributed by atoms with Crippen molar-refractivity contribution in [2.24, 2.45) is 0 Å². The summed E-state index contributed by atoms with van der Waals surface area (Å²) in [5, 5.41) is 0. The molecule has 0 aliphatic heterocycles. The normalized spacial score (nSPS) is 8.95. The summed E-state index contributed by atoms with van der Waals surface area (Å²) in [6, 6.07) is 6.16. The second-order valence-electron chi connectivity index (χ2n) is 2.97. The summed E-state index contributed by atoms with van der Waals surface area (Å²) in [5.74, 6) is -0.952. The number of benzene rings is 1. The molecule has 1 rings (SSSR count). The van der Waals surface area contributed by atoms with Crippen molar-refractivity contribution >= 4 is 22.3 Å². The Balaban J connectivity index is -0.000000405. The summed E-state index contributed by atoms with van der Waals surface area (Å²) >= 11 is 0. The van der Waals surface area contributed by atoms with Gasteiger partial charge in [0.25, 0.3) is 0 Å². The summed E-state index contributed by atoms with van der Waals surface area (Å²) in [5.41, 5.74) is 0.658.